The van der Waals surface area contributed by atoms with Gasteiger partial charge in [0.25, 0.3) is 0 Å². The summed E-state index contributed by atoms with van der Waals surface area (Å²) in [6.07, 6.45) is 2.41. The van der Waals surface area contributed by atoms with Crippen LogP contribution in [0.4, 0.5) is 0 Å². The molecule has 2 heterocycles. The molecule has 1 unspecified atom stereocenters. The Balaban J connectivity index is 0.000000140. The summed E-state index contributed by atoms with van der Waals surface area (Å²) < 4.78 is 0. The van der Waals surface area contributed by atoms with Gasteiger partial charge in [0.1, 0.15) is 0 Å². The molecule has 78 valence electrons. The maximum atomic E-state index is 3.89. The minimum atomic E-state index is 0.431. The Morgan fingerprint density at radius 1 is 1.29 bits per heavy atom. The molecule has 0 aliphatic carbocycles. The molecule has 0 bridgehead atoms. The number of hydrogen-bond donors (Lipinski definition) is 3. The highest BCUT2D eigenvalue weighted by atomic mass is 15.2. The van der Waals surface area contributed by atoms with Crippen LogP contribution < -0.4 is 10.6 Å². The Hall–Kier alpha value is -1.45. The summed E-state index contributed by atoms with van der Waals surface area (Å²) in [4.78, 5) is 0. The molecule has 4 heteroatoms. The van der Waals surface area contributed by atoms with Crippen LogP contribution in [0.2, 0.25) is 0 Å². The number of hydrogen-bond acceptors (Lipinski definition) is 3. The van der Waals surface area contributed by atoms with Gasteiger partial charge < -0.3 is 10.6 Å². The second-order valence-electron chi connectivity index (χ2n) is 3.55. The number of aryl methyl sites for hydroxylation is 2. The first-order valence-electron chi connectivity index (χ1n) is 4.76. The van der Waals surface area contributed by atoms with Gasteiger partial charge in [-0.1, -0.05) is 0 Å². The minimum Gasteiger partial charge on any atom is -0.370 e. The Morgan fingerprint density at radius 2 is 2.00 bits per heavy atom. The van der Waals surface area contributed by atoms with E-state index in [2.05, 4.69) is 27.8 Å². The summed E-state index contributed by atoms with van der Waals surface area (Å²) in [7, 11) is 0. The van der Waals surface area contributed by atoms with Gasteiger partial charge in [0.05, 0.1) is 11.9 Å². The largest absolute Gasteiger partial charge is 0.370 e. The third-order valence-electron chi connectivity index (χ3n) is 1.83. The van der Waals surface area contributed by atoms with E-state index in [0.717, 1.165) is 11.4 Å². The van der Waals surface area contributed by atoms with E-state index in [0.29, 0.717) is 6.17 Å². The van der Waals surface area contributed by atoms with E-state index in [1.54, 1.807) is 0 Å². The second-order valence-corrected chi connectivity index (χ2v) is 3.55. The lowest BCUT2D eigenvalue weighted by molar-refractivity contribution is 0.613. The van der Waals surface area contributed by atoms with Crippen LogP contribution in [0.5, 0.6) is 0 Å². The number of allylic oxidation sites excluding steroid dienone is 1. The van der Waals surface area contributed by atoms with Crippen molar-refractivity contribution in [2.75, 3.05) is 0 Å². The fourth-order valence-electron chi connectivity index (χ4n) is 1.23. The lowest BCUT2D eigenvalue weighted by atomic mass is 10.4. The molecule has 1 aromatic rings. The van der Waals surface area contributed by atoms with Gasteiger partial charge in [0.2, 0.25) is 0 Å². The van der Waals surface area contributed by atoms with E-state index in [1.807, 2.05) is 33.0 Å². The van der Waals surface area contributed by atoms with Gasteiger partial charge in [-0.15, -0.1) is 0 Å². The third-order valence-corrected chi connectivity index (χ3v) is 1.83. The van der Waals surface area contributed by atoms with E-state index >= 15 is 0 Å². The van der Waals surface area contributed by atoms with Crippen molar-refractivity contribution < 1.29 is 0 Å². The highest BCUT2D eigenvalue weighted by Gasteiger charge is 2.02. The van der Waals surface area contributed by atoms with Gasteiger partial charge in [-0.2, -0.15) is 5.10 Å². The van der Waals surface area contributed by atoms with Crippen molar-refractivity contribution in [1.29, 1.82) is 0 Å². The minimum absolute atomic E-state index is 0.431. The molecular weight excluding hydrogens is 176 g/mol. The van der Waals surface area contributed by atoms with Crippen LogP contribution in [-0.4, -0.2) is 16.4 Å². The van der Waals surface area contributed by atoms with Crippen LogP contribution >= 0.6 is 0 Å². The molecule has 1 atom stereocenters. The molecule has 1 aromatic heterocycles. The Labute approximate surface area is 84.8 Å². The van der Waals surface area contributed by atoms with Gasteiger partial charge in [-0.05, 0) is 33.8 Å². The highest BCUT2D eigenvalue weighted by Crippen LogP contribution is 1.93. The average molecular weight is 194 g/mol. The number of nitrogens with zero attached hydrogens (tertiary/aromatic N) is 1. The van der Waals surface area contributed by atoms with Crippen molar-refractivity contribution in [2.24, 2.45) is 0 Å². The summed E-state index contributed by atoms with van der Waals surface area (Å²) >= 11 is 0. The van der Waals surface area contributed by atoms with Gasteiger partial charge in [0, 0.05) is 17.6 Å². The van der Waals surface area contributed by atoms with Crippen LogP contribution in [0.3, 0.4) is 0 Å². The maximum absolute atomic E-state index is 3.89. The molecule has 0 saturated carbocycles. The third kappa shape index (κ3) is 3.51. The lowest BCUT2D eigenvalue weighted by Crippen LogP contribution is -2.27. The number of aromatic amines is 1. The van der Waals surface area contributed by atoms with Crippen molar-refractivity contribution >= 4 is 0 Å². The standard InChI is InChI=1S/C5H10N2.C5H8N2/c1-4-3-6-5(2)7-4;1-4-3-5(2)7-6-4/h3,5-7H,1-2H3;3H,1-2H3,(H,6,7). The molecule has 0 saturated heterocycles. The van der Waals surface area contributed by atoms with Crippen molar-refractivity contribution in [2.45, 2.75) is 33.9 Å². The topological polar surface area (TPSA) is 52.7 Å². The number of rotatable bonds is 0. The monoisotopic (exact) mass is 194 g/mol. The quantitative estimate of drug-likeness (QED) is 0.585. The Bertz CT molecular complexity index is 297. The molecule has 0 fully saturated rings. The molecule has 0 radical (unpaired) electrons. The summed E-state index contributed by atoms with van der Waals surface area (Å²) in [5.41, 5.74) is 3.39. The molecule has 4 nitrogen and oxygen atoms in total. The second kappa shape index (κ2) is 4.69. The van der Waals surface area contributed by atoms with Crippen LogP contribution in [-0.2, 0) is 0 Å². The Kier molecular flexibility index (Phi) is 3.56. The normalized spacial score (nSPS) is 18.9. The van der Waals surface area contributed by atoms with E-state index in [4.69, 9.17) is 0 Å². The zero-order valence-corrected chi connectivity index (χ0v) is 9.18. The fraction of sp³-hybridized carbons (Fsp3) is 0.500. The van der Waals surface area contributed by atoms with E-state index < -0.39 is 0 Å². The van der Waals surface area contributed by atoms with Gasteiger partial charge in [0.15, 0.2) is 0 Å². The summed E-state index contributed by atoms with van der Waals surface area (Å²) in [5, 5.41) is 13.0. The van der Waals surface area contributed by atoms with Gasteiger partial charge in [-0.25, -0.2) is 0 Å². The number of nitrogens with one attached hydrogen (secondary N) is 3. The molecule has 2 rings (SSSR count). The van der Waals surface area contributed by atoms with Crippen molar-refractivity contribution in [3.63, 3.8) is 0 Å². The van der Waals surface area contributed by atoms with Crippen LogP contribution in [0.25, 0.3) is 0 Å². The summed E-state index contributed by atoms with van der Waals surface area (Å²) in [5.74, 6) is 0. The maximum Gasteiger partial charge on any atom is 0.0928 e. The van der Waals surface area contributed by atoms with Crippen LogP contribution in [0, 0.1) is 13.8 Å². The van der Waals surface area contributed by atoms with Gasteiger partial charge in [-0.3, -0.25) is 5.10 Å². The molecular formula is C10H18N4. The first-order valence-corrected chi connectivity index (χ1v) is 4.76. The lowest BCUT2D eigenvalue weighted by Gasteiger charge is -2.02. The molecule has 1 aliphatic rings. The number of H-pyrrole nitrogens is 1. The van der Waals surface area contributed by atoms with E-state index in [1.165, 1.54) is 5.70 Å². The van der Waals surface area contributed by atoms with Gasteiger partial charge >= 0.3 is 0 Å². The summed E-state index contributed by atoms with van der Waals surface area (Å²) in [6, 6.07) is 2.00. The average Bonchev–Trinajstić information content (AvgIpc) is 2.63. The van der Waals surface area contributed by atoms with Crippen LogP contribution in [0.15, 0.2) is 18.0 Å². The molecule has 0 amide bonds. The molecule has 1 aliphatic heterocycles. The zero-order chi connectivity index (χ0) is 10.6. The summed E-state index contributed by atoms with van der Waals surface area (Å²) in [6.45, 7) is 8.06. The predicted molar refractivity (Wildman–Crippen MR) is 57.6 cm³/mol. The van der Waals surface area contributed by atoms with Crippen molar-refractivity contribution in [3.05, 3.63) is 29.4 Å². The smallest absolute Gasteiger partial charge is 0.0928 e. The highest BCUT2D eigenvalue weighted by molar-refractivity contribution is 5.03. The van der Waals surface area contributed by atoms with Crippen molar-refractivity contribution in [1.82, 2.24) is 20.8 Å². The van der Waals surface area contributed by atoms with E-state index in [-0.39, 0.29) is 0 Å². The van der Waals surface area contributed by atoms with E-state index in [9.17, 15) is 0 Å². The zero-order valence-electron chi connectivity index (χ0n) is 9.18. The first-order chi connectivity index (χ1) is 6.58. The predicted octanol–water partition coefficient (Wildman–Crippen LogP) is 1.41. The number of aromatic nitrogens is 2. The Morgan fingerprint density at radius 3 is 2.14 bits per heavy atom. The molecule has 0 spiro atoms. The molecule has 3 N–H and O–H groups in total. The first kappa shape index (κ1) is 10.6. The van der Waals surface area contributed by atoms with Crippen LogP contribution in [0.1, 0.15) is 25.2 Å². The molecule has 0 aromatic carbocycles. The fourth-order valence-corrected chi connectivity index (χ4v) is 1.23. The molecule has 14 heavy (non-hydrogen) atoms. The van der Waals surface area contributed by atoms with Crippen molar-refractivity contribution in [3.8, 4) is 0 Å². The SMILES string of the molecule is CC1=CNC(C)N1.Cc1cc(C)[nH]n1.